The van der Waals surface area contributed by atoms with E-state index in [1.54, 1.807) is 20.3 Å². The smallest absolute Gasteiger partial charge is 0.227 e. The number of Topliss-reactive ketones (excluding diaryl/α,β-unsaturated/α-hetero) is 1. The van der Waals surface area contributed by atoms with E-state index in [1.165, 1.54) is 6.08 Å². The van der Waals surface area contributed by atoms with Gasteiger partial charge < -0.3 is 14.6 Å². The number of hydrogen-bond acceptors (Lipinski definition) is 4. The summed E-state index contributed by atoms with van der Waals surface area (Å²) in [6, 6.07) is 23.0. The summed E-state index contributed by atoms with van der Waals surface area (Å²) in [4.78, 5) is 12.7. The van der Waals surface area contributed by atoms with Crippen LogP contribution in [0.2, 0.25) is 0 Å². The molecule has 0 spiro atoms. The number of allylic oxidation sites excluding steroid dienone is 3. The lowest BCUT2D eigenvalue weighted by Gasteiger charge is -2.15. The predicted molar refractivity (Wildman–Crippen MR) is 123 cm³/mol. The number of aliphatic hydroxyl groups excluding tert-OH is 1. The highest BCUT2D eigenvalue weighted by Gasteiger charge is 2.23. The molecule has 0 unspecified atom stereocenters. The molecule has 154 valence electrons. The third kappa shape index (κ3) is 4.14. The molecule has 0 saturated carbocycles. The number of hydrogen-bond donors (Lipinski definition) is 1. The molecule has 1 aliphatic rings. The maximum atomic E-state index is 12.7. The van der Waals surface area contributed by atoms with E-state index in [0.717, 1.165) is 39.3 Å². The fraction of sp³-hybridized carbons (Fsp3) is 0.0741. The second-order valence-corrected chi connectivity index (χ2v) is 7.06. The minimum absolute atomic E-state index is 0.256. The first kappa shape index (κ1) is 20.2. The molecule has 3 aromatic carbocycles. The second-order valence-electron chi connectivity index (χ2n) is 7.06. The highest BCUT2D eigenvalue weighted by atomic mass is 16.5. The molecule has 4 rings (SSSR count). The zero-order chi connectivity index (χ0) is 21.8. The van der Waals surface area contributed by atoms with Crippen molar-refractivity contribution in [3.63, 3.8) is 0 Å². The normalized spacial score (nSPS) is 13.9. The largest absolute Gasteiger partial charge is 0.504 e. The topological polar surface area (TPSA) is 55.8 Å². The fourth-order valence-electron chi connectivity index (χ4n) is 3.57. The molecule has 4 nitrogen and oxygen atoms in total. The Kier molecular flexibility index (Phi) is 5.72. The van der Waals surface area contributed by atoms with Crippen molar-refractivity contribution in [2.24, 2.45) is 0 Å². The zero-order valence-electron chi connectivity index (χ0n) is 17.3. The summed E-state index contributed by atoms with van der Waals surface area (Å²) in [6.45, 7) is 0. The Morgan fingerprint density at radius 1 is 0.806 bits per heavy atom. The van der Waals surface area contributed by atoms with Crippen LogP contribution in [-0.4, -0.2) is 25.1 Å². The molecule has 0 saturated heterocycles. The van der Waals surface area contributed by atoms with Crippen LogP contribution in [0.15, 0.2) is 90.7 Å². The lowest BCUT2D eigenvalue weighted by molar-refractivity contribution is -0.112. The van der Waals surface area contributed by atoms with Crippen LogP contribution in [0.3, 0.4) is 0 Å². The molecule has 1 aliphatic carbocycles. The Morgan fingerprint density at radius 2 is 1.35 bits per heavy atom. The fourth-order valence-corrected chi connectivity index (χ4v) is 3.57. The van der Waals surface area contributed by atoms with E-state index in [0.29, 0.717) is 5.57 Å². The summed E-state index contributed by atoms with van der Waals surface area (Å²) in [5.41, 5.74) is 4.94. The van der Waals surface area contributed by atoms with Gasteiger partial charge in [-0.05, 0) is 64.2 Å². The van der Waals surface area contributed by atoms with Crippen molar-refractivity contribution >= 4 is 23.0 Å². The van der Waals surface area contributed by atoms with E-state index in [1.807, 2.05) is 78.9 Å². The van der Waals surface area contributed by atoms with Crippen LogP contribution < -0.4 is 9.47 Å². The van der Waals surface area contributed by atoms with Crippen molar-refractivity contribution in [2.75, 3.05) is 14.2 Å². The van der Waals surface area contributed by atoms with Gasteiger partial charge in [0.1, 0.15) is 11.5 Å². The summed E-state index contributed by atoms with van der Waals surface area (Å²) in [6.07, 6.45) is 5.19. The maximum Gasteiger partial charge on any atom is 0.227 e. The Labute approximate surface area is 181 Å². The molecule has 0 aromatic heterocycles. The van der Waals surface area contributed by atoms with Crippen LogP contribution in [0, 0.1) is 0 Å². The standard InChI is InChI=1S/C27H22O4/c1-30-21-11-7-18(8-12-21)23(19-9-13-22(31-2)14-10-19)15-16-25-24-6-4-3-5-20(24)17-26(28)27(25)29/h3-17,28H,1-2H3/b25-16+. The number of fused-ring (bicyclic) bond motifs is 1. The summed E-state index contributed by atoms with van der Waals surface area (Å²) < 4.78 is 10.6. The lowest BCUT2D eigenvalue weighted by atomic mass is 9.89. The predicted octanol–water partition coefficient (Wildman–Crippen LogP) is 5.70. The summed E-state index contributed by atoms with van der Waals surface area (Å²) in [5, 5.41) is 10.1. The van der Waals surface area contributed by atoms with E-state index >= 15 is 0 Å². The van der Waals surface area contributed by atoms with Gasteiger partial charge in [-0.15, -0.1) is 0 Å². The molecule has 1 N–H and O–H groups in total. The molecule has 3 aromatic rings. The van der Waals surface area contributed by atoms with Crippen molar-refractivity contribution in [3.8, 4) is 11.5 Å². The van der Waals surface area contributed by atoms with Crippen molar-refractivity contribution in [1.29, 1.82) is 0 Å². The van der Waals surface area contributed by atoms with E-state index in [-0.39, 0.29) is 5.76 Å². The molecular formula is C27H22O4. The zero-order valence-corrected chi connectivity index (χ0v) is 17.3. The molecular weight excluding hydrogens is 388 g/mol. The number of benzene rings is 3. The molecule has 0 aliphatic heterocycles. The molecule has 0 atom stereocenters. The Balaban J connectivity index is 1.84. The average molecular weight is 410 g/mol. The minimum atomic E-state index is -0.390. The first-order valence-corrected chi connectivity index (χ1v) is 9.86. The number of ether oxygens (including phenoxy) is 2. The number of methoxy groups -OCH3 is 2. The lowest BCUT2D eigenvalue weighted by Crippen LogP contribution is -2.10. The van der Waals surface area contributed by atoms with E-state index in [4.69, 9.17) is 9.47 Å². The Hall–Kier alpha value is -4.05. The molecule has 0 heterocycles. The van der Waals surface area contributed by atoms with Crippen LogP contribution in [0.1, 0.15) is 22.3 Å². The number of rotatable bonds is 5. The number of carbonyl (C=O) groups is 1. The third-order valence-electron chi connectivity index (χ3n) is 5.24. The Bertz CT molecular complexity index is 1150. The van der Waals surface area contributed by atoms with E-state index in [9.17, 15) is 9.90 Å². The van der Waals surface area contributed by atoms with Crippen molar-refractivity contribution in [2.45, 2.75) is 0 Å². The number of carbonyl (C=O) groups excluding carboxylic acids is 1. The van der Waals surface area contributed by atoms with Crippen molar-refractivity contribution in [3.05, 3.63) is 113 Å². The van der Waals surface area contributed by atoms with Gasteiger partial charge in [0.25, 0.3) is 0 Å². The van der Waals surface area contributed by atoms with Gasteiger partial charge in [0.05, 0.1) is 14.2 Å². The monoisotopic (exact) mass is 410 g/mol. The van der Waals surface area contributed by atoms with Gasteiger partial charge in [0, 0.05) is 5.57 Å². The van der Waals surface area contributed by atoms with Crippen LogP contribution in [-0.2, 0) is 4.79 Å². The molecule has 0 bridgehead atoms. The van der Waals surface area contributed by atoms with E-state index in [2.05, 4.69) is 0 Å². The van der Waals surface area contributed by atoms with Gasteiger partial charge >= 0.3 is 0 Å². The van der Waals surface area contributed by atoms with Crippen LogP contribution >= 0.6 is 0 Å². The molecule has 0 radical (unpaired) electrons. The molecule has 4 heteroatoms. The molecule has 31 heavy (non-hydrogen) atoms. The third-order valence-corrected chi connectivity index (χ3v) is 5.24. The van der Waals surface area contributed by atoms with Gasteiger partial charge in [0.2, 0.25) is 5.78 Å². The maximum absolute atomic E-state index is 12.7. The molecule has 0 amide bonds. The summed E-state index contributed by atoms with van der Waals surface area (Å²) >= 11 is 0. The minimum Gasteiger partial charge on any atom is -0.504 e. The van der Waals surface area contributed by atoms with Crippen LogP contribution in [0.4, 0.5) is 0 Å². The first-order chi connectivity index (χ1) is 15.1. The SMILES string of the molecule is COc1ccc(C(=C/C=C2/C(=O)C(O)=Cc3ccccc32)c2ccc(OC)cc2)cc1. The van der Waals surface area contributed by atoms with Gasteiger partial charge in [-0.3, -0.25) is 4.79 Å². The highest BCUT2D eigenvalue weighted by molar-refractivity contribution is 6.31. The summed E-state index contributed by atoms with van der Waals surface area (Å²) in [5.74, 6) is 0.887. The number of ketones is 1. The van der Waals surface area contributed by atoms with Gasteiger partial charge in [-0.2, -0.15) is 0 Å². The van der Waals surface area contributed by atoms with E-state index < -0.39 is 5.78 Å². The summed E-state index contributed by atoms with van der Waals surface area (Å²) in [7, 11) is 3.26. The van der Waals surface area contributed by atoms with Crippen molar-refractivity contribution in [1.82, 2.24) is 0 Å². The first-order valence-electron chi connectivity index (χ1n) is 9.86. The highest BCUT2D eigenvalue weighted by Crippen LogP contribution is 2.31. The molecule has 0 fully saturated rings. The van der Waals surface area contributed by atoms with Crippen molar-refractivity contribution < 1.29 is 19.4 Å². The Morgan fingerprint density at radius 3 is 1.90 bits per heavy atom. The van der Waals surface area contributed by atoms with Crippen LogP contribution in [0.5, 0.6) is 11.5 Å². The second kappa shape index (κ2) is 8.76. The van der Waals surface area contributed by atoms with Gasteiger partial charge in [0.15, 0.2) is 5.76 Å². The number of aliphatic hydroxyl groups is 1. The van der Waals surface area contributed by atoms with Gasteiger partial charge in [-0.25, -0.2) is 0 Å². The average Bonchev–Trinajstić information content (AvgIpc) is 2.82. The van der Waals surface area contributed by atoms with Crippen LogP contribution in [0.25, 0.3) is 17.2 Å². The van der Waals surface area contributed by atoms with Gasteiger partial charge in [-0.1, -0.05) is 54.6 Å². The quantitative estimate of drug-likeness (QED) is 0.548.